The van der Waals surface area contributed by atoms with Crippen molar-refractivity contribution in [1.82, 2.24) is 0 Å². The van der Waals surface area contributed by atoms with Crippen molar-refractivity contribution in [3.63, 3.8) is 0 Å². The van der Waals surface area contributed by atoms with E-state index in [0.29, 0.717) is 23.7 Å². The number of hydrogen-bond acceptors (Lipinski definition) is 3. The Morgan fingerprint density at radius 1 is 1.23 bits per heavy atom. The van der Waals surface area contributed by atoms with E-state index in [1.165, 1.54) is 0 Å². The summed E-state index contributed by atoms with van der Waals surface area (Å²) >= 11 is 0. The molecule has 26 heavy (non-hydrogen) atoms. The minimum absolute atomic E-state index is 0.0309. The zero-order valence-electron chi connectivity index (χ0n) is 15.8. The average Bonchev–Trinajstić information content (AvgIpc) is 2.91. The summed E-state index contributed by atoms with van der Waals surface area (Å²) in [5.74, 6) is 1.18. The molecule has 0 spiro atoms. The standard InChI is InChI=1S/C22H30O4/c1-21-10-9-18-16(17(21)7-4-13(21)5-8-20(25)26)6-3-14-11-15(23)12-19(24)22(14,18)2/h3,6,11,13,16-19,24H,4-5,7-10,12H2,1-2H3,(H,25,26)/t13-,16+,17+,18+,19?,21-,22+/m1/s1. The van der Waals surface area contributed by atoms with E-state index in [4.69, 9.17) is 5.11 Å². The summed E-state index contributed by atoms with van der Waals surface area (Å²) < 4.78 is 0. The summed E-state index contributed by atoms with van der Waals surface area (Å²) in [6.07, 6.45) is 11.2. The maximum atomic E-state index is 11.9. The number of hydrogen-bond donors (Lipinski definition) is 2. The van der Waals surface area contributed by atoms with Crippen LogP contribution in [0.1, 0.15) is 58.8 Å². The lowest BCUT2D eigenvalue weighted by molar-refractivity contribution is -0.137. The lowest BCUT2D eigenvalue weighted by Gasteiger charge is -2.57. The fourth-order valence-corrected chi connectivity index (χ4v) is 6.93. The Hall–Kier alpha value is -1.42. The largest absolute Gasteiger partial charge is 0.481 e. The number of aliphatic carboxylic acids is 1. The molecule has 0 aliphatic heterocycles. The number of carbonyl (C=O) groups is 2. The van der Waals surface area contributed by atoms with Crippen LogP contribution in [-0.4, -0.2) is 28.1 Å². The molecule has 4 heteroatoms. The smallest absolute Gasteiger partial charge is 0.303 e. The molecule has 0 aromatic rings. The maximum Gasteiger partial charge on any atom is 0.303 e. The van der Waals surface area contributed by atoms with Gasteiger partial charge in [-0.15, -0.1) is 0 Å². The highest BCUT2D eigenvalue weighted by atomic mass is 16.4. The number of rotatable bonds is 3. The number of carboxylic acids is 1. The van der Waals surface area contributed by atoms with Gasteiger partial charge < -0.3 is 10.2 Å². The summed E-state index contributed by atoms with van der Waals surface area (Å²) in [6.45, 7) is 4.52. The Kier molecular flexibility index (Phi) is 4.18. The summed E-state index contributed by atoms with van der Waals surface area (Å²) in [5.41, 5.74) is 0.883. The molecule has 0 aromatic carbocycles. The molecule has 1 unspecified atom stereocenters. The molecule has 0 aromatic heterocycles. The van der Waals surface area contributed by atoms with Crippen molar-refractivity contribution < 1.29 is 19.8 Å². The molecule has 0 heterocycles. The van der Waals surface area contributed by atoms with Crippen LogP contribution in [0.4, 0.5) is 0 Å². The molecule has 2 fully saturated rings. The summed E-state index contributed by atoms with van der Waals surface area (Å²) in [5, 5.41) is 19.9. The number of aliphatic hydroxyl groups excluding tert-OH is 1. The van der Waals surface area contributed by atoms with Crippen molar-refractivity contribution in [3.8, 4) is 0 Å². The SMILES string of the molecule is C[C@]12CC[C@H]3[C@@H](C=CC4=CC(=O)CC(O)[C@@]43C)[C@@H]1CC[C@@H]2CCC(=O)O. The van der Waals surface area contributed by atoms with E-state index < -0.39 is 12.1 Å². The molecule has 7 atom stereocenters. The molecule has 0 bridgehead atoms. The highest BCUT2D eigenvalue weighted by molar-refractivity contribution is 5.93. The van der Waals surface area contributed by atoms with E-state index in [2.05, 4.69) is 26.0 Å². The molecule has 4 nitrogen and oxygen atoms in total. The molecule has 4 aliphatic rings. The van der Waals surface area contributed by atoms with Crippen LogP contribution >= 0.6 is 0 Å². The third-order valence-corrected chi connectivity index (χ3v) is 8.53. The van der Waals surface area contributed by atoms with Gasteiger partial charge in [-0.3, -0.25) is 9.59 Å². The molecule has 4 aliphatic carbocycles. The fourth-order valence-electron chi connectivity index (χ4n) is 6.93. The van der Waals surface area contributed by atoms with Gasteiger partial charge in [0.05, 0.1) is 6.10 Å². The van der Waals surface area contributed by atoms with E-state index in [1.807, 2.05) is 0 Å². The van der Waals surface area contributed by atoms with Crippen LogP contribution in [0.5, 0.6) is 0 Å². The zero-order chi connectivity index (χ0) is 18.7. The first-order valence-electron chi connectivity index (χ1n) is 10.1. The highest BCUT2D eigenvalue weighted by Gasteiger charge is 2.59. The molecule has 2 saturated carbocycles. The predicted molar refractivity (Wildman–Crippen MR) is 98.4 cm³/mol. The summed E-state index contributed by atoms with van der Waals surface area (Å²) in [4.78, 5) is 23.0. The predicted octanol–water partition coefficient (Wildman–Crippen LogP) is 3.75. The van der Waals surface area contributed by atoms with Gasteiger partial charge in [0.2, 0.25) is 0 Å². The van der Waals surface area contributed by atoms with E-state index >= 15 is 0 Å². The number of allylic oxidation sites excluding steroid dienone is 3. The van der Waals surface area contributed by atoms with Crippen LogP contribution in [0.3, 0.4) is 0 Å². The lowest BCUT2D eigenvalue weighted by atomic mass is 9.48. The van der Waals surface area contributed by atoms with Gasteiger partial charge in [-0.25, -0.2) is 0 Å². The number of fused-ring (bicyclic) bond motifs is 5. The lowest BCUT2D eigenvalue weighted by Crippen LogP contribution is -2.53. The fraction of sp³-hybridized carbons (Fsp3) is 0.727. The summed E-state index contributed by atoms with van der Waals surface area (Å²) in [7, 11) is 0. The van der Waals surface area contributed by atoms with Crippen molar-refractivity contribution in [2.45, 2.75) is 64.9 Å². The minimum Gasteiger partial charge on any atom is -0.481 e. The van der Waals surface area contributed by atoms with Crippen LogP contribution < -0.4 is 0 Å². The Balaban J connectivity index is 1.64. The molecule has 0 radical (unpaired) electrons. The first kappa shape index (κ1) is 18.0. The Morgan fingerprint density at radius 2 is 2.00 bits per heavy atom. The van der Waals surface area contributed by atoms with Crippen molar-refractivity contribution in [2.24, 2.45) is 34.5 Å². The third kappa shape index (κ3) is 2.45. The maximum absolute atomic E-state index is 11.9. The second kappa shape index (κ2) is 6.05. The summed E-state index contributed by atoms with van der Waals surface area (Å²) in [6, 6.07) is 0. The van der Waals surface area contributed by atoms with Crippen molar-refractivity contribution >= 4 is 11.8 Å². The quantitative estimate of drug-likeness (QED) is 0.806. The van der Waals surface area contributed by atoms with Crippen LogP contribution in [0.15, 0.2) is 23.8 Å². The number of ketones is 1. The van der Waals surface area contributed by atoms with Crippen molar-refractivity contribution in [3.05, 3.63) is 23.8 Å². The first-order valence-corrected chi connectivity index (χ1v) is 10.1. The van der Waals surface area contributed by atoms with Gasteiger partial charge in [-0.1, -0.05) is 26.0 Å². The van der Waals surface area contributed by atoms with Crippen LogP contribution in [0.25, 0.3) is 0 Å². The van der Waals surface area contributed by atoms with E-state index in [-0.39, 0.29) is 29.5 Å². The van der Waals surface area contributed by atoms with Gasteiger partial charge in [-0.05, 0) is 72.8 Å². The average molecular weight is 358 g/mol. The topological polar surface area (TPSA) is 74.6 Å². The number of carbonyl (C=O) groups excluding carboxylic acids is 1. The monoisotopic (exact) mass is 358 g/mol. The van der Waals surface area contributed by atoms with E-state index in [1.54, 1.807) is 6.08 Å². The Morgan fingerprint density at radius 3 is 2.73 bits per heavy atom. The molecule has 0 saturated heterocycles. The highest BCUT2D eigenvalue weighted by Crippen LogP contribution is 2.65. The van der Waals surface area contributed by atoms with Crippen LogP contribution in [0.2, 0.25) is 0 Å². The molecule has 0 amide bonds. The Bertz CT molecular complexity index is 692. The van der Waals surface area contributed by atoms with Gasteiger partial charge in [0, 0.05) is 18.3 Å². The van der Waals surface area contributed by atoms with Crippen LogP contribution in [0, 0.1) is 34.5 Å². The van der Waals surface area contributed by atoms with Gasteiger partial charge in [0.15, 0.2) is 5.78 Å². The zero-order valence-corrected chi connectivity index (χ0v) is 15.8. The van der Waals surface area contributed by atoms with E-state index in [9.17, 15) is 14.7 Å². The normalized spacial score (nSPS) is 47.0. The molecular formula is C22H30O4. The van der Waals surface area contributed by atoms with Gasteiger partial charge in [0.1, 0.15) is 0 Å². The molecular weight excluding hydrogens is 328 g/mol. The Labute approximate surface area is 155 Å². The molecule has 142 valence electrons. The molecule has 2 N–H and O–H groups in total. The second-order valence-electron chi connectivity index (χ2n) is 9.47. The minimum atomic E-state index is -0.694. The van der Waals surface area contributed by atoms with Gasteiger partial charge in [0.25, 0.3) is 0 Å². The van der Waals surface area contributed by atoms with Crippen molar-refractivity contribution in [1.29, 1.82) is 0 Å². The van der Waals surface area contributed by atoms with Crippen LogP contribution in [-0.2, 0) is 9.59 Å². The van der Waals surface area contributed by atoms with E-state index in [0.717, 1.165) is 37.7 Å². The van der Waals surface area contributed by atoms with Crippen molar-refractivity contribution in [2.75, 3.05) is 0 Å². The van der Waals surface area contributed by atoms with Gasteiger partial charge >= 0.3 is 5.97 Å². The third-order valence-electron chi connectivity index (χ3n) is 8.53. The second-order valence-corrected chi connectivity index (χ2v) is 9.47. The van der Waals surface area contributed by atoms with Gasteiger partial charge in [-0.2, -0.15) is 0 Å². The first-order chi connectivity index (χ1) is 12.3. The number of aliphatic hydroxyl groups is 1. The molecule has 4 rings (SSSR count). The number of carboxylic acid groups (broad SMARTS) is 1.